The zero-order chi connectivity index (χ0) is 8.81. The first-order valence-electron chi connectivity index (χ1n) is 5.10. The summed E-state index contributed by atoms with van der Waals surface area (Å²) in [6.45, 7) is 0.377. The van der Waals surface area contributed by atoms with Crippen molar-refractivity contribution in [3.05, 3.63) is 0 Å². The van der Waals surface area contributed by atoms with Gasteiger partial charge in [0.1, 0.15) is 0 Å². The summed E-state index contributed by atoms with van der Waals surface area (Å²) < 4.78 is 0. The van der Waals surface area contributed by atoms with E-state index in [1.807, 2.05) is 0 Å². The van der Waals surface area contributed by atoms with Crippen molar-refractivity contribution in [1.82, 2.24) is 0 Å². The van der Waals surface area contributed by atoms with Gasteiger partial charge in [0.2, 0.25) is 0 Å². The topological polar surface area (TPSA) is 20.2 Å². The average Bonchev–Trinajstić information content (AvgIpc) is 2.50. The predicted molar refractivity (Wildman–Crippen MR) is 55.6 cm³/mol. The van der Waals surface area contributed by atoms with Crippen molar-refractivity contribution in [2.45, 2.75) is 38.5 Å². The minimum absolute atomic E-state index is 0.377. The van der Waals surface area contributed by atoms with Crippen LogP contribution in [0.3, 0.4) is 0 Å². The van der Waals surface area contributed by atoms with Crippen molar-refractivity contribution in [3.8, 4) is 0 Å². The zero-order valence-corrected chi connectivity index (χ0v) is 8.60. The number of thiol groups is 1. The summed E-state index contributed by atoms with van der Waals surface area (Å²) in [5, 5.41) is 8.85. The molecule has 1 saturated carbocycles. The smallest absolute Gasteiger partial charge is 0.0433 e. The second-order valence-corrected chi connectivity index (χ2v) is 4.28. The Hall–Kier alpha value is 0.310. The van der Waals surface area contributed by atoms with Crippen LogP contribution in [-0.2, 0) is 0 Å². The van der Waals surface area contributed by atoms with E-state index >= 15 is 0 Å². The van der Waals surface area contributed by atoms with Crippen molar-refractivity contribution >= 4 is 12.6 Å². The molecule has 2 atom stereocenters. The molecule has 1 rings (SSSR count). The molecule has 0 aromatic heterocycles. The summed E-state index contributed by atoms with van der Waals surface area (Å²) in [5.41, 5.74) is 0. The standard InChI is InChI=1S/C10H20OS/c11-7-6-10-4-1-3-9(10)5-2-8-12/h9-12H,1-8H2. The summed E-state index contributed by atoms with van der Waals surface area (Å²) in [6.07, 6.45) is 7.71. The summed E-state index contributed by atoms with van der Waals surface area (Å²) >= 11 is 4.23. The highest BCUT2D eigenvalue weighted by atomic mass is 32.1. The van der Waals surface area contributed by atoms with Gasteiger partial charge in [0, 0.05) is 6.61 Å². The highest BCUT2D eigenvalue weighted by Crippen LogP contribution is 2.36. The molecule has 1 fully saturated rings. The number of hydrogen-bond donors (Lipinski definition) is 2. The maximum absolute atomic E-state index is 8.85. The lowest BCUT2D eigenvalue weighted by molar-refractivity contribution is 0.230. The molecule has 0 saturated heterocycles. The van der Waals surface area contributed by atoms with Gasteiger partial charge in [-0.15, -0.1) is 0 Å². The first kappa shape index (κ1) is 10.4. The Balaban J connectivity index is 2.20. The second kappa shape index (κ2) is 5.87. The molecule has 1 aliphatic carbocycles. The van der Waals surface area contributed by atoms with Crippen molar-refractivity contribution in [2.75, 3.05) is 12.4 Å². The van der Waals surface area contributed by atoms with Crippen molar-refractivity contribution in [3.63, 3.8) is 0 Å². The molecule has 0 aliphatic heterocycles. The fraction of sp³-hybridized carbons (Fsp3) is 1.00. The molecule has 72 valence electrons. The average molecular weight is 188 g/mol. The predicted octanol–water partition coefficient (Wildman–Crippen LogP) is 2.50. The minimum Gasteiger partial charge on any atom is -0.396 e. The number of hydrogen-bond acceptors (Lipinski definition) is 2. The molecule has 12 heavy (non-hydrogen) atoms. The van der Waals surface area contributed by atoms with Gasteiger partial charge in [-0.05, 0) is 36.9 Å². The molecule has 0 heterocycles. The van der Waals surface area contributed by atoms with E-state index in [4.69, 9.17) is 5.11 Å². The van der Waals surface area contributed by atoms with Crippen LogP contribution in [0.5, 0.6) is 0 Å². The highest BCUT2D eigenvalue weighted by Gasteiger charge is 2.25. The molecule has 2 heteroatoms. The Morgan fingerprint density at radius 3 is 2.42 bits per heavy atom. The van der Waals surface area contributed by atoms with Gasteiger partial charge < -0.3 is 5.11 Å². The van der Waals surface area contributed by atoms with Crippen LogP contribution in [0.2, 0.25) is 0 Å². The molecule has 1 aliphatic rings. The molecule has 2 unspecified atom stereocenters. The van der Waals surface area contributed by atoms with Gasteiger partial charge in [0.25, 0.3) is 0 Å². The van der Waals surface area contributed by atoms with Gasteiger partial charge in [-0.1, -0.05) is 19.3 Å². The third-order valence-electron chi connectivity index (χ3n) is 3.05. The molecule has 1 N–H and O–H groups in total. The largest absolute Gasteiger partial charge is 0.396 e. The van der Waals surface area contributed by atoms with Gasteiger partial charge >= 0.3 is 0 Å². The van der Waals surface area contributed by atoms with Crippen LogP contribution in [0.1, 0.15) is 38.5 Å². The Labute approximate surface area is 81.0 Å². The quantitative estimate of drug-likeness (QED) is 0.635. The van der Waals surface area contributed by atoms with Gasteiger partial charge in [-0.2, -0.15) is 12.6 Å². The lowest BCUT2D eigenvalue weighted by atomic mass is 9.90. The van der Waals surface area contributed by atoms with E-state index in [1.54, 1.807) is 0 Å². The van der Waals surface area contributed by atoms with Gasteiger partial charge in [0.15, 0.2) is 0 Å². The lowest BCUT2D eigenvalue weighted by Crippen LogP contribution is -2.09. The van der Waals surface area contributed by atoms with Gasteiger partial charge in [0.05, 0.1) is 0 Å². The second-order valence-electron chi connectivity index (χ2n) is 3.83. The number of rotatable bonds is 5. The summed E-state index contributed by atoms with van der Waals surface area (Å²) in [5.74, 6) is 2.72. The molecule has 0 aromatic carbocycles. The summed E-state index contributed by atoms with van der Waals surface area (Å²) in [7, 11) is 0. The molecule has 0 bridgehead atoms. The number of aliphatic hydroxyl groups is 1. The Kier molecular flexibility index (Phi) is 5.08. The fourth-order valence-corrected chi connectivity index (χ4v) is 2.58. The normalized spacial score (nSPS) is 29.5. The van der Waals surface area contributed by atoms with Gasteiger partial charge in [-0.3, -0.25) is 0 Å². The maximum Gasteiger partial charge on any atom is 0.0433 e. The molecule has 0 radical (unpaired) electrons. The highest BCUT2D eigenvalue weighted by molar-refractivity contribution is 7.80. The fourth-order valence-electron chi connectivity index (χ4n) is 2.39. The molecular formula is C10H20OS. The summed E-state index contributed by atoms with van der Waals surface area (Å²) in [6, 6.07) is 0. The number of aliphatic hydroxyl groups excluding tert-OH is 1. The molecule has 0 aromatic rings. The SMILES string of the molecule is OCCC1CCCC1CCCS. The van der Waals surface area contributed by atoms with Crippen LogP contribution in [0, 0.1) is 11.8 Å². The van der Waals surface area contributed by atoms with Crippen LogP contribution in [0.25, 0.3) is 0 Å². The van der Waals surface area contributed by atoms with E-state index in [9.17, 15) is 0 Å². The first-order chi connectivity index (χ1) is 5.88. The van der Waals surface area contributed by atoms with Gasteiger partial charge in [-0.25, -0.2) is 0 Å². The third kappa shape index (κ3) is 2.98. The van der Waals surface area contributed by atoms with E-state index in [0.717, 1.165) is 24.0 Å². The summed E-state index contributed by atoms with van der Waals surface area (Å²) in [4.78, 5) is 0. The van der Waals surface area contributed by atoms with Crippen molar-refractivity contribution < 1.29 is 5.11 Å². The van der Waals surface area contributed by atoms with E-state index in [0.29, 0.717) is 6.61 Å². The van der Waals surface area contributed by atoms with Crippen LogP contribution < -0.4 is 0 Å². The zero-order valence-electron chi connectivity index (χ0n) is 7.71. The Morgan fingerprint density at radius 1 is 1.17 bits per heavy atom. The first-order valence-corrected chi connectivity index (χ1v) is 5.73. The molecule has 1 nitrogen and oxygen atoms in total. The van der Waals surface area contributed by atoms with E-state index in [-0.39, 0.29) is 0 Å². The van der Waals surface area contributed by atoms with E-state index in [2.05, 4.69) is 12.6 Å². The minimum atomic E-state index is 0.377. The van der Waals surface area contributed by atoms with Crippen LogP contribution in [0.4, 0.5) is 0 Å². The van der Waals surface area contributed by atoms with E-state index in [1.165, 1.54) is 32.1 Å². The third-order valence-corrected chi connectivity index (χ3v) is 3.37. The van der Waals surface area contributed by atoms with Crippen LogP contribution in [-0.4, -0.2) is 17.5 Å². The Bertz CT molecular complexity index is 116. The van der Waals surface area contributed by atoms with Crippen LogP contribution >= 0.6 is 12.6 Å². The monoisotopic (exact) mass is 188 g/mol. The van der Waals surface area contributed by atoms with Crippen LogP contribution in [0.15, 0.2) is 0 Å². The van der Waals surface area contributed by atoms with E-state index < -0.39 is 0 Å². The Morgan fingerprint density at radius 2 is 1.83 bits per heavy atom. The molecular weight excluding hydrogens is 168 g/mol. The lowest BCUT2D eigenvalue weighted by Gasteiger charge is -2.17. The van der Waals surface area contributed by atoms with Crippen molar-refractivity contribution in [1.29, 1.82) is 0 Å². The molecule has 0 amide bonds. The molecule has 0 spiro atoms. The van der Waals surface area contributed by atoms with Crippen molar-refractivity contribution in [2.24, 2.45) is 11.8 Å². The maximum atomic E-state index is 8.85.